The van der Waals surface area contributed by atoms with Gasteiger partial charge in [-0.3, -0.25) is 0 Å². The van der Waals surface area contributed by atoms with E-state index in [1.807, 2.05) is 26.0 Å². The summed E-state index contributed by atoms with van der Waals surface area (Å²) in [7, 11) is 0. The molecule has 2 aromatic heterocycles. The molecule has 4 N–H and O–H groups in total. The van der Waals surface area contributed by atoms with Crippen molar-refractivity contribution in [2.45, 2.75) is 44.9 Å². The molecule has 0 saturated carbocycles. The number of nitrogens with two attached hydrogens (primary N) is 1. The average molecular weight is 578 g/mol. The summed E-state index contributed by atoms with van der Waals surface area (Å²) in [6.45, 7) is 11.0. The lowest BCUT2D eigenvalue weighted by atomic mass is 10.0. The largest absolute Gasteiger partial charge is 0.378 e. The number of rotatable bonds is 7. The van der Waals surface area contributed by atoms with E-state index in [0.29, 0.717) is 18.9 Å². The first kappa shape index (κ1) is 29.2. The number of morpholine rings is 1. The maximum atomic E-state index is 15.2. The van der Waals surface area contributed by atoms with Gasteiger partial charge in [-0.15, -0.1) is 0 Å². The molecular formula is C31H40FN7OS. The number of aromatic nitrogens is 3. The van der Waals surface area contributed by atoms with E-state index in [2.05, 4.69) is 60.7 Å². The van der Waals surface area contributed by atoms with Gasteiger partial charge < -0.3 is 30.0 Å². The molecule has 10 heteroatoms. The second-order valence-corrected chi connectivity index (χ2v) is 11.4. The van der Waals surface area contributed by atoms with Gasteiger partial charge in [-0.25, -0.2) is 14.4 Å². The van der Waals surface area contributed by atoms with Crippen molar-refractivity contribution in [1.29, 1.82) is 0 Å². The maximum Gasteiger partial charge on any atom is 0.147 e. The van der Waals surface area contributed by atoms with Gasteiger partial charge in [0.2, 0.25) is 0 Å². The fraction of sp³-hybridized carbons (Fsp3) is 0.419. The molecule has 0 bridgehead atoms. The molecule has 2 aliphatic rings. The first-order chi connectivity index (χ1) is 20.0. The van der Waals surface area contributed by atoms with Crippen LogP contribution in [0.4, 0.5) is 21.6 Å². The summed E-state index contributed by atoms with van der Waals surface area (Å²) in [5.74, 6) is 0.573. The Bertz CT molecular complexity index is 1440. The second kappa shape index (κ2) is 13.5. The van der Waals surface area contributed by atoms with E-state index in [0.717, 1.165) is 67.1 Å². The van der Waals surface area contributed by atoms with Crippen molar-refractivity contribution >= 4 is 40.2 Å². The molecule has 2 aliphatic heterocycles. The molecule has 4 heterocycles. The molecule has 4 aromatic rings. The summed E-state index contributed by atoms with van der Waals surface area (Å²) in [4.78, 5) is 16.8. The molecule has 2 fully saturated rings. The van der Waals surface area contributed by atoms with E-state index in [1.54, 1.807) is 18.5 Å². The zero-order valence-electron chi connectivity index (χ0n) is 24.1. The van der Waals surface area contributed by atoms with Crippen LogP contribution in [-0.2, 0) is 4.74 Å². The number of piperidine rings is 1. The summed E-state index contributed by atoms with van der Waals surface area (Å²) in [5.41, 5.74) is 11.3. The van der Waals surface area contributed by atoms with Gasteiger partial charge in [0.25, 0.3) is 0 Å². The standard InChI is InChI=1S/C29H34FN7OS.C2H6/c1-19(20-4-2-6-23(14-20)37-9-3-5-22(31)17-37)39-35-26-8-7-21(15-25(26)30)27-16-24-28(34-27)32-18-33-29(24)36-10-12-38-13-11-36;1-2/h2,4,6-8,14-16,18-19,22,35H,3,5,9-13,17,31H2,1H3,(H,32,33,34);1-2H3/t19?,22-;/m1./s1. The highest BCUT2D eigenvalue weighted by Gasteiger charge is 2.20. The third-order valence-electron chi connectivity index (χ3n) is 7.50. The minimum atomic E-state index is -0.304. The van der Waals surface area contributed by atoms with Gasteiger partial charge in [-0.2, -0.15) is 0 Å². The van der Waals surface area contributed by atoms with Crippen molar-refractivity contribution in [2.75, 3.05) is 53.9 Å². The maximum absolute atomic E-state index is 15.2. The van der Waals surface area contributed by atoms with Crippen molar-refractivity contribution in [1.82, 2.24) is 15.0 Å². The van der Waals surface area contributed by atoms with Crippen LogP contribution in [0.1, 0.15) is 44.4 Å². The molecule has 2 atom stereocenters. The van der Waals surface area contributed by atoms with Crippen molar-refractivity contribution in [2.24, 2.45) is 5.73 Å². The number of fused-ring (bicyclic) bond motifs is 1. The number of benzene rings is 2. The van der Waals surface area contributed by atoms with Crippen LogP contribution in [0.25, 0.3) is 22.3 Å². The summed E-state index contributed by atoms with van der Waals surface area (Å²) in [6.07, 6.45) is 3.77. The van der Waals surface area contributed by atoms with Crippen molar-refractivity contribution < 1.29 is 9.13 Å². The predicted octanol–water partition coefficient (Wildman–Crippen LogP) is 6.38. The minimum absolute atomic E-state index is 0.133. The Morgan fingerprint density at radius 1 is 1.07 bits per heavy atom. The van der Waals surface area contributed by atoms with E-state index in [9.17, 15) is 0 Å². The van der Waals surface area contributed by atoms with Crippen molar-refractivity contribution in [3.8, 4) is 11.3 Å². The number of anilines is 3. The van der Waals surface area contributed by atoms with Gasteiger partial charge in [0, 0.05) is 54.4 Å². The number of H-pyrrole nitrogens is 1. The Morgan fingerprint density at radius 2 is 1.90 bits per heavy atom. The molecular weight excluding hydrogens is 537 g/mol. The Kier molecular flexibility index (Phi) is 9.64. The fourth-order valence-electron chi connectivity index (χ4n) is 5.31. The predicted molar refractivity (Wildman–Crippen MR) is 169 cm³/mol. The third-order valence-corrected chi connectivity index (χ3v) is 8.47. The van der Waals surface area contributed by atoms with Crippen LogP contribution in [0.2, 0.25) is 0 Å². The van der Waals surface area contributed by atoms with E-state index in [-0.39, 0.29) is 17.1 Å². The highest BCUT2D eigenvalue weighted by molar-refractivity contribution is 8.00. The summed E-state index contributed by atoms with van der Waals surface area (Å²) in [6, 6.07) is 16.1. The van der Waals surface area contributed by atoms with E-state index in [1.165, 1.54) is 23.2 Å². The number of nitrogens with zero attached hydrogens (tertiary/aromatic N) is 4. The molecule has 0 amide bonds. The number of hydrogen-bond donors (Lipinski definition) is 3. The molecule has 0 spiro atoms. The van der Waals surface area contributed by atoms with E-state index < -0.39 is 0 Å². The lowest BCUT2D eigenvalue weighted by Gasteiger charge is -2.33. The summed E-state index contributed by atoms with van der Waals surface area (Å²) >= 11 is 1.50. The molecule has 2 saturated heterocycles. The van der Waals surface area contributed by atoms with Gasteiger partial charge in [0.15, 0.2) is 0 Å². The van der Waals surface area contributed by atoms with Crippen molar-refractivity contribution in [3.05, 3.63) is 66.2 Å². The van der Waals surface area contributed by atoms with Crippen LogP contribution in [-0.4, -0.2) is 60.4 Å². The van der Waals surface area contributed by atoms with Crippen LogP contribution in [0.3, 0.4) is 0 Å². The number of nitrogens with one attached hydrogen (secondary N) is 2. The minimum Gasteiger partial charge on any atom is -0.378 e. The highest BCUT2D eigenvalue weighted by atomic mass is 32.2. The monoisotopic (exact) mass is 577 g/mol. The fourth-order valence-corrected chi connectivity index (χ4v) is 6.07. The first-order valence-corrected chi connectivity index (χ1v) is 15.4. The Morgan fingerprint density at radius 3 is 2.68 bits per heavy atom. The topological polar surface area (TPSA) is 95.3 Å². The Hall–Kier alpha value is -3.34. The molecule has 8 nitrogen and oxygen atoms in total. The molecule has 1 unspecified atom stereocenters. The quantitative estimate of drug-likeness (QED) is 0.218. The lowest BCUT2D eigenvalue weighted by Crippen LogP contribution is -2.42. The molecule has 6 rings (SSSR count). The zero-order valence-corrected chi connectivity index (χ0v) is 24.9. The van der Waals surface area contributed by atoms with E-state index in [4.69, 9.17) is 10.5 Å². The molecule has 2 aromatic carbocycles. The van der Waals surface area contributed by atoms with Gasteiger partial charge in [0.1, 0.15) is 23.6 Å². The van der Waals surface area contributed by atoms with Crippen LogP contribution in [0.5, 0.6) is 0 Å². The Labute approximate surface area is 246 Å². The zero-order chi connectivity index (χ0) is 28.8. The SMILES string of the molecule is CC.CC(SNc1ccc(-c2cc3c(N4CCOCC4)ncnc3[nH]2)cc1F)c1cccc(N2CCC[C@@H](N)C2)c1. The number of halogens is 1. The van der Waals surface area contributed by atoms with Crippen LogP contribution < -0.4 is 20.3 Å². The third kappa shape index (κ3) is 6.77. The van der Waals surface area contributed by atoms with Crippen LogP contribution in [0.15, 0.2) is 54.9 Å². The molecule has 218 valence electrons. The number of hydrogen-bond acceptors (Lipinski definition) is 8. The normalized spacial score (nSPS) is 18.1. The van der Waals surface area contributed by atoms with Gasteiger partial charge >= 0.3 is 0 Å². The molecule has 0 aliphatic carbocycles. The molecule has 0 radical (unpaired) electrons. The summed E-state index contributed by atoms with van der Waals surface area (Å²) in [5, 5.41) is 1.06. The Balaban J connectivity index is 0.00000165. The highest BCUT2D eigenvalue weighted by Crippen LogP contribution is 2.35. The van der Waals surface area contributed by atoms with Gasteiger partial charge in [-0.05, 0) is 67.6 Å². The lowest BCUT2D eigenvalue weighted by molar-refractivity contribution is 0.122. The van der Waals surface area contributed by atoms with Crippen LogP contribution in [0, 0.1) is 5.82 Å². The number of ether oxygens (including phenoxy) is 1. The number of aromatic amines is 1. The smallest absolute Gasteiger partial charge is 0.147 e. The first-order valence-electron chi connectivity index (χ1n) is 14.5. The van der Waals surface area contributed by atoms with Crippen LogP contribution >= 0.6 is 11.9 Å². The second-order valence-electron chi connectivity index (χ2n) is 10.2. The average Bonchev–Trinajstić information content (AvgIpc) is 3.46. The van der Waals surface area contributed by atoms with E-state index >= 15 is 4.39 Å². The van der Waals surface area contributed by atoms with Crippen molar-refractivity contribution in [3.63, 3.8) is 0 Å². The summed E-state index contributed by atoms with van der Waals surface area (Å²) < 4.78 is 23.9. The van der Waals surface area contributed by atoms with Gasteiger partial charge in [0.05, 0.1) is 24.3 Å². The van der Waals surface area contributed by atoms with Gasteiger partial charge in [-0.1, -0.05) is 32.0 Å². The molecule has 41 heavy (non-hydrogen) atoms.